The predicted molar refractivity (Wildman–Crippen MR) is 79.8 cm³/mol. The van der Waals surface area contributed by atoms with Crippen LogP contribution in [0.25, 0.3) is 11.0 Å². The van der Waals surface area contributed by atoms with Crippen LogP contribution in [0.1, 0.15) is 13.8 Å². The van der Waals surface area contributed by atoms with Gasteiger partial charge < -0.3 is 14.5 Å². The molecule has 7 heteroatoms. The van der Waals surface area contributed by atoms with Crippen LogP contribution in [0.5, 0.6) is 5.75 Å². The highest BCUT2D eigenvalue weighted by molar-refractivity contribution is 5.96. The average molecular weight is 304 g/mol. The number of nitrogens with one attached hydrogen (secondary N) is 2. The van der Waals surface area contributed by atoms with E-state index in [-0.39, 0.29) is 0 Å². The summed E-state index contributed by atoms with van der Waals surface area (Å²) in [5, 5.41) is 5.35. The molecule has 1 aromatic carbocycles. The molecule has 3 amide bonds. The van der Waals surface area contributed by atoms with Crippen LogP contribution in [0, 0.1) is 0 Å². The summed E-state index contributed by atoms with van der Waals surface area (Å²) in [6.07, 6.45) is -0.879. The molecule has 1 heterocycles. The predicted octanol–water partition coefficient (Wildman–Crippen LogP) is 1.41. The van der Waals surface area contributed by atoms with Crippen molar-refractivity contribution in [1.82, 2.24) is 10.6 Å². The van der Waals surface area contributed by atoms with Crippen LogP contribution in [-0.2, 0) is 4.79 Å². The molecule has 0 aliphatic rings. The molecule has 22 heavy (non-hydrogen) atoms. The molecule has 7 nitrogen and oxygen atoms in total. The lowest BCUT2D eigenvalue weighted by Gasteiger charge is -2.14. The van der Waals surface area contributed by atoms with Crippen molar-refractivity contribution in [2.45, 2.75) is 20.0 Å². The quantitative estimate of drug-likeness (QED) is 0.832. The number of ether oxygens (including phenoxy) is 1. The first kappa shape index (κ1) is 15.6. The van der Waals surface area contributed by atoms with Gasteiger partial charge in [0.2, 0.25) is 0 Å². The van der Waals surface area contributed by atoms with Gasteiger partial charge in [0.25, 0.3) is 5.91 Å². The third-order valence-corrected chi connectivity index (χ3v) is 2.85. The van der Waals surface area contributed by atoms with Gasteiger partial charge in [0.05, 0.1) is 0 Å². The van der Waals surface area contributed by atoms with Gasteiger partial charge >= 0.3 is 11.7 Å². The monoisotopic (exact) mass is 304 g/mol. The third-order valence-electron chi connectivity index (χ3n) is 2.85. The zero-order valence-corrected chi connectivity index (χ0v) is 12.2. The van der Waals surface area contributed by atoms with Gasteiger partial charge in [0.15, 0.2) is 6.10 Å². The van der Waals surface area contributed by atoms with Gasteiger partial charge in [-0.15, -0.1) is 0 Å². The molecule has 0 saturated heterocycles. The smallest absolute Gasteiger partial charge is 0.336 e. The molecule has 116 valence electrons. The fraction of sp³-hybridized carbons (Fsp3) is 0.267. The zero-order chi connectivity index (χ0) is 16.1. The van der Waals surface area contributed by atoms with E-state index in [1.807, 2.05) is 0 Å². The summed E-state index contributed by atoms with van der Waals surface area (Å²) in [5.41, 5.74) is -0.104. The Labute approximate surface area is 126 Å². The molecule has 0 bridgehead atoms. The van der Waals surface area contributed by atoms with Crippen molar-refractivity contribution in [1.29, 1.82) is 0 Å². The van der Waals surface area contributed by atoms with E-state index in [4.69, 9.17) is 9.15 Å². The van der Waals surface area contributed by atoms with Crippen molar-refractivity contribution < 1.29 is 18.7 Å². The van der Waals surface area contributed by atoms with Gasteiger partial charge in [-0.2, -0.15) is 0 Å². The highest BCUT2D eigenvalue weighted by Crippen LogP contribution is 2.20. The normalized spacial score (nSPS) is 11.7. The number of hydrogen-bond acceptors (Lipinski definition) is 5. The molecule has 0 aliphatic carbocycles. The van der Waals surface area contributed by atoms with Crippen molar-refractivity contribution in [3.05, 3.63) is 40.8 Å². The lowest BCUT2D eigenvalue weighted by atomic mass is 10.2. The summed E-state index contributed by atoms with van der Waals surface area (Å²) < 4.78 is 10.5. The van der Waals surface area contributed by atoms with Crippen LogP contribution in [0.4, 0.5) is 4.79 Å². The van der Waals surface area contributed by atoms with Crippen molar-refractivity contribution in [3.8, 4) is 5.75 Å². The molecule has 2 N–H and O–H groups in total. The minimum atomic E-state index is -0.879. The summed E-state index contributed by atoms with van der Waals surface area (Å²) in [6.45, 7) is 3.67. The molecule has 2 rings (SSSR count). The SMILES string of the molecule is CCNC(=O)NC(=O)C(C)Oc1ccc2ccc(=O)oc2c1. The Balaban J connectivity index is 2.07. The van der Waals surface area contributed by atoms with E-state index in [9.17, 15) is 14.4 Å². The molecule has 0 saturated carbocycles. The number of fused-ring (bicyclic) bond motifs is 1. The highest BCUT2D eigenvalue weighted by Gasteiger charge is 2.17. The summed E-state index contributed by atoms with van der Waals surface area (Å²) in [7, 11) is 0. The van der Waals surface area contributed by atoms with Crippen LogP contribution < -0.4 is 21.0 Å². The lowest BCUT2D eigenvalue weighted by molar-refractivity contribution is -0.126. The minimum absolute atomic E-state index is 0.361. The fourth-order valence-electron chi connectivity index (χ4n) is 1.79. The van der Waals surface area contributed by atoms with Crippen LogP contribution in [0.15, 0.2) is 39.5 Å². The first-order valence-electron chi connectivity index (χ1n) is 6.79. The van der Waals surface area contributed by atoms with Crippen LogP contribution in [0.3, 0.4) is 0 Å². The highest BCUT2D eigenvalue weighted by atomic mass is 16.5. The van der Waals surface area contributed by atoms with Gasteiger partial charge in [0.1, 0.15) is 11.3 Å². The Bertz CT molecular complexity index is 753. The third kappa shape index (κ3) is 3.85. The fourth-order valence-corrected chi connectivity index (χ4v) is 1.79. The van der Waals surface area contributed by atoms with Gasteiger partial charge in [-0.25, -0.2) is 9.59 Å². The van der Waals surface area contributed by atoms with E-state index in [1.165, 1.54) is 19.1 Å². The molecule has 1 aromatic heterocycles. The summed E-state index contributed by atoms with van der Waals surface area (Å²) in [6, 6.07) is 7.27. The molecular formula is C15H16N2O5. The van der Waals surface area contributed by atoms with Gasteiger partial charge in [0, 0.05) is 24.1 Å². The molecule has 0 aliphatic heterocycles. The average Bonchev–Trinajstić information content (AvgIpc) is 2.46. The maximum atomic E-state index is 11.8. The van der Waals surface area contributed by atoms with Crippen LogP contribution >= 0.6 is 0 Å². The second-order valence-electron chi connectivity index (χ2n) is 4.56. The van der Waals surface area contributed by atoms with Crippen LogP contribution in [-0.4, -0.2) is 24.6 Å². The van der Waals surface area contributed by atoms with Crippen molar-refractivity contribution >= 4 is 22.9 Å². The molecule has 1 atom stereocenters. The Hall–Kier alpha value is -2.83. The number of amides is 3. The van der Waals surface area contributed by atoms with E-state index >= 15 is 0 Å². The number of carbonyl (C=O) groups is 2. The molecule has 0 radical (unpaired) electrons. The van der Waals surface area contributed by atoms with E-state index < -0.39 is 23.7 Å². The van der Waals surface area contributed by atoms with Crippen molar-refractivity contribution in [2.75, 3.05) is 6.54 Å². The van der Waals surface area contributed by atoms with Gasteiger partial charge in [-0.3, -0.25) is 10.1 Å². The topological polar surface area (TPSA) is 97.6 Å². The minimum Gasteiger partial charge on any atom is -0.481 e. The molecular weight excluding hydrogens is 288 g/mol. The van der Waals surface area contributed by atoms with Crippen molar-refractivity contribution in [3.63, 3.8) is 0 Å². The zero-order valence-electron chi connectivity index (χ0n) is 12.2. The Morgan fingerprint density at radius 3 is 2.73 bits per heavy atom. The number of hydrogen-bond donors (Lipinski definition) is 2. The molecule has 2 aromatic rings. The maximum absolute atomic E-state index is 11.8. The standard InChI is InChI=1S/C15H16N2O5/c1-3-16-15(20)17-14(19)9(2)21-11-6-4-10-5-7-13(18)22-12(10)8-11/h4-9H,3H2,1-2H3,(H2,16,17,19,20). The van der Waals surface area contributed by atoms with E-state index in [2.05, 4.69) is 10.6 Å². The maximum Gasteiger partial charge on any atom is 0.336 e. The first-order chi connectivity index (χ1) is 10.5. The van der Waals surface area contributed by atoms with E-state index in [1.54, 1.807) is 25.1 Å². The molecule has 0 fully saturated rings. The molecule has 0 spiro atoms. The second kappa shape index (κ2) is 6.75. The largest absolute Gasteiger partial charge is 0.481 e. The molecule has 1 unspecified atom stereocenters. The second-order valence-corrected chi connectivity index (χ2v) is 4.56. The van der Waals surface area contributed by atoms with Crippen LogP contribution in [0.2, 0.25) is 0 Å². The lowest BCUT2D eigenvalue weighted by Crippen LogP contribution is -2.45. The summed E-state index contributed by atoms with van der Waals surface area (Å²) in [4.78, 5) is 34.2. The number of rotatable bonds is 4. The number of benzene rings is 1. The summed E-state index contributed by atoms with van der Waals surface area (Å²) >= 11 is 0. The Morgan fingerprint density at radius 2 is 2.00 bits per heavy atom. The number of urea groups is 1. The number of imide groups is 1. The Morgan fingerprint density at radius 1 is 1.27 bits per heavy atom. The van der Waals surface area contributed by atoms with Crippen molar-refractivity contribution in [2.24, 2.45) is 0 Å². The van der Waals surface area contributed by atoms with E-state index in [0.29, 0.717) is 17.9 Å². The van der Waals surface area contributed by atoms with Gasteiger partial charge in [-0.05, 0) is 32.0 Å². The Kier molecular flexibility index (Phi) is 4.77. The van der Waals surface area contributed by atoms with E-state index in [0.717, 1.165) is 5.39 Å². The number of carbonyl (C=O) groups excluding carboxylic acids is 2. The van der Waals surface area contributed by atoms with Gasteiger partial charge in [-0.1, -0.05) is 0 Å². The first-order valence-corrected chi connectivity index (χ1v) is 6.79. The summed E-state index contributed by atoms with van der Waals surface area (Å²) in [5.74, 6) is -0.207.